The van der Waals surface area contributed by atoms with Crippen LogP contribution in [0.25, 0.3) is 0 Å². The summed E-state index contributed by atoms with van der Waals surface area (Å²) in [6, 6.07) is 3.40. The lowest BCUT2D eigenvalue weighted by molar-refractivity contribution is -0.138. The lowest BCUT2D eigenvalue weighted by atomic mass is 10.1. The van der Waals surface area contributed by atoms with Gasteiger partial charge in [-0.3, -0.25) is 4.79 Å². The largest absolute Gasteiger partial charge is 0.480 e. The van der Waals surface area contributed by atoms with Crippen molar-refractivity contribution < 1.29 is 19.1 Å². The standard InChI is InChI=1S/C14H17FN2O3/c15-9-5-4-7-10(12(9)13(16)18)17-8-3-1-2-6-11(17)14(19)20/h4-5,7,11H,1-3,6,8H2,(H2,16,18)(H,19,20). The maximum Gasteiger partial charge on any atom is 0.326 e. The van der Waals surface area contributed by atoms with E-state index in [1.165, 1.54) is 6.07 Å². The summed E-state index contributed by atoms with van der Waals surface area (Å²) in [7, 11) is 0. The van der Waals surface area contributed by atoms with E-state index in [0.717, 1.165) is 25.3 Å². The average molecular weight is 280 g/mol. The summed E-state index contributed by atoms with van der Waals surface area (Å²) in [5.74, 6) is -2.57. The zero-order chi connectivity index (χ0) is 14.7. The second-order valence-corrected chi connectivity index (χ2v) is 4.89. The molecule has 1 aromatic rings. The Kier molecular flexibility index (Phi) is 4.22. The van der Waals surface area contributed by atoms with Crippen molar-refractivity contribution in [3.05, 3.63) is 29.6 Å². The van der Waals surface area contributed by atoms with Crippen molar-refractivity contribution in [3.8, 4) is 0 Å². The van der Waals surface area contributed by atoms with Gasteiger partial charge in [-0.1, -0.05) is 18.9 Å². The zero-order valence-corrected chi connectivity index (χ0v) is 11.0. The number of halogens is 1. The van der Waals surface area contributed by atoms with Crippen molar-refractivity contribution in [2.75, 3.05) is 11.4 Å². The maximum atomic E-state index is 13.8. The van der Waals surface area contributed by atoms with Gasteiger partial charge in [0.2, 0.25) is 0 Å². The topological polar surface area (TPSA) is 83.6 Å². The molecule has 0 aromatic heterocycles. The van der Waals surface area contributed by atoms with E-state index in [2.05, 4.69) is 0 Å². The van der Waals surface area contributed by atoms with E-state index in [0.29, 0.717) is 13.0 Å². The first kappa shape index (κ1) is 14.3. The Bertz CT molecular complexity index is 533. The number of nitrogens with zero attached hydrogens (tertiary/aromatic N) is 1. The van der Waals surface area contributed by atoms with Gasteiger partial charge in [0.15, 0.2) is 0 Å². The van der Waals surface area contributed by atoms with Gasteiger partial charge in [0.1, 0.15) is 11.9 Å². The summed E-state index contributed by atoms with van der Waals surface area (Å²) in [5, 5.41) is 9.34. The predicted octanol–water partition coefficient (Wildman–Crippen LogP) is 1.76. The van der Waals surface area contributed by atoms with Crippen molar-refractivity contribution in [3.63, 3.8) is 0 Å². The van der Waals surface area contributed by atoms with E-state index >= 15 is 0 Å². The Morgan fingerprint density at radius 1 is 1.30 bits per heavy atom. The van der Waals surface area contributed by atoms with Crippen LogP contribution in [0.2, 0.25) is 0 Å². The Hall–Kier alpha value is -2.11. The normalized spacial score (nSPS) is 19.4. The number of hydrogen-bond acceptors (Lipinski definition) is 3. The van der Waals surface area contributed by atoms with E-state index in [1.54, 1.807) is 11.0 Å². The molecule has 0 spiro atoms. The third-order valence-electron chi connectivity index (χ3n) is 3.59. The highest BCUT2D eigenvalue weighted by molar-refractivity contribution is 5.99. The minimum atomic E-state index is -0.966. The molecule has 3 N–H and O–H groups in total. The highest BCUT2D eigenvalue weighted by Crippen LogP contribution is 2.29. The molecule has 0 radical (unpaired) electrons. The van der Waals surface area contributed by atoms with Crippen LogP contribution in [-0.2, 0) is 4.79 Å². The molecule has 0 saturated carbocycles. The first-order valence-electron chi connectivity index (χ1n) is 6.60. The number of hydrogen-bond donors (Lipinski definition) is 2. The van der Waals surface area contributed by atoms with Crippen LogP contribution in [0, 0.1) is 5.82 Å². The second kappa shape index (κ2) is 5.90. The summed E-state index contributed by atoms with van der Waals surface area (Å²) in [6.07, 6.45) is 3.00. The van der Waals surface area contributed by atoms with E-state index in [9.17, 15) is 19.1 Å². The van der Waals surface area contributed by atoms with Crippen LogP contribution in [0.3, 0.4) is 0 Å². The molecule has 1 aromatic carbocycles. The molecule has 1 saturated heterocycles. The molecule has 1 heterocycles. The smallest absolute Gasteiger partial charge is 0.326 e. The minimum absolute atomic E-state index is 0.236. The fourth-order valence-corrected chi connectivity index (χ4v) is 2.65. The number of benzene rings is 1. The Morgan fingerprint density at radius 3 is 2.70 bits per heavy atom. The number of carboxylic acids is 1. The first-order valence-corrected chi connectivity index (χ1v) is 6.60. The molecular formula is C14H17FN2O3. The number of aliphatic carboxylic acids is 1. The van der Waals surface area contributed by atoms with Gasteiger partial charge >= 0.3 is 5.97 Å². The number of amides is 1. The van der Waals surface area contributed by atoms with E-state index < -0.39 is 23.7 Å². The summed E-state index contributed by atoms with van der Waals surface area (Å²) in [4.78, 5) is 24.4. The van der Waals surface area contributed by atoms with Gasteiger partial charge in [0.05, 0.1) is 11.3 Å². The van der Waals surface area contributed by atoms with Crippen LogP contribution in [0.15, 0.2) is 18.2 Å². The molecule has 108 valence electrons. The number of carboxylic acid groups (broad SMARTS) is 1. The number of primary amides is 1. The average Bonchev–Trinajstić information content (AvgIpc) is 2.63. The summed E-state index contributed by atoms with van der Waals surface area (Å²) in [5.41, 5.74) is 5.26. The fourth-order valence-electron chi connectivity index (χ4n) is 2.65. The highest BCUT2D eigenvalue weighted by atomic mass is 19.1. The molecule has 1 amide bonds. The molecule has 1 aliphatic heterocycles. The molecule has 20 heavy (non-hydrogen) atoms. The maximum absolute atomic E-state index is 13.8. The van der Waals surface area contributed by atoms with E-state index in [1.807, 2.05) is 0 Å². The van der Waals surface area contributed by atoms with Crippen molar-refractivity contribution in [2.24, 2.45) is 5.73 Å². The lowest BCUT2D eigenvalue weighted by Crippen LogP contribution is -2.42. The van der Waals surface area contributed by atoms with Gasteiger partial charge in [-0.15, -0.1) is 0 Å². The lowest BCUT2D eigenvalue weighted by Gasteiger charge is -2.30. The van der Waals surface area contributed by atoms with Crippen molar-refractivity contribution >= 4 is 17.6 Å². The molecule has 0 bridgehead atoms. The number of carbonyl (C=O) groups is 2. The fraction of sp³-hybridized carbons (Fsp3) is 0.429. The van der Waals surface area contributed by atoms with Crippen LogP contribution in [0.5, 0.6) is 0 Å². The van der Waals surface area contributed by atoms with Crippen molar-refractivity contribution in [1.29, 1.82) is 0 Å². The number of nitrogens with two attached hydrogens (primary N) is 1. The summed E-state index contributed by atoms with van der Waals surface area (Å²) in [6.45, 7) is 0.473. The molecule has 6 heteroatoms. The molecule has 1 atom stereocenters. The van der Waals surface area contributed by atoms with Crippen LogP contribution < -0.4 is 10.6 Å². The summed E-state index contributed by atoms with van der Waals surface area (Å²) < 4.78 is 13.8. The van der Waals surface area contributed by atoms with Crippen LogP contribution in [-0.4, -0.2) is 29.6 Å². The summed E-state index contributed by atoms with van der Waals surface area (Å²) >= 11 is 0. The van der Waals surface area contributed by atoms with Crippen LogP contribution >= 0.6 is 0 Å². The minimum Gasteiger partial charge on any atom is -0.480 e. The number of rotatable bonds is 3. The second-order valence-electron chi connectivity index (χ2n) is 4.89. The molecule has 1 fully saturated rings. The zero-order valence-electron chi connectivity index (χ0n) is 11.0. The molecular weight excluding hydrogens is 263 g/mol. The van der Waals surface area contributed by atoms with Gasteiger partial charge in [-0.2, -0.15) is 0 Å². The predicted molar refractivity (Wildman–Crippen MR) is 72.2 cm³/mol. The molecule has 1 aliphatic rings. The van der Waals surface area contributed by atoms with Gasteiger partial charge in [-0.25, -0.2) is 9.18 Å². The van der Waals surface area contributed by atoms with E-state index in [4.69, 9.17) is 5.73 Å². The van der Waals surface area contributed by atoms with Gasteiger partial charge < -0.3 is 15.7 Å². The third kappa shape index (κ3) is 2.74. The SMILES string of the molecule is NC(=O)c1c(F)cccc1N1CCCCCC1C(=O)O. The van der Waals surface area contributed by atoms with E-state index in [-0.39, 0.29) is 11.3 Å². The Morgan fingerprint density at radius 2 is 2.05 bits per heavy atom. The monoisotopic (exact) mass is 280 g/mol. The molecule has 0 aliphatic carbocycles. The van der Waals surface area contributed by atoms with Crippen molar-refractivity contribution in [1.82, 2.24) is 0 Å². The van der Waals surface area contributed by atoms with Gasteiger partial charge in [0, 0.05) is 6.54 Å². The third-order valence-corrected chi connectivity index (χ3v) is 3.59. The molecule has 1 unspecified atom stereocenters. The highest BCUT2D eigenvalue weighted by Gasteiger charge is 2.30. The molecule has 5 nitrogen and oxygen atoms in total. The first-order chi connectivity index (χ1) is 9.52. The Balaban J connectivity index is 2.49. The van der Waals surface area contributed by atoms with Gasteiger partial charge in [0.25, 0.3) is 5.91 Å². The van der Waals surface area contributed by atoms with Crippen molar-refractivity contribution in [2.45, 2.75) is 31.7 Å². The van der Waals surface area contributed by atoms with Crippen LogP contribution in [0.1, 0.15) is 36.0 Å². The number of carbonyl (C=O) groups excluding carboxylic acids is 1. The van der Waals surface area contributed by atoms with Gasteiger partial charge in [-0.05, 0) is 25.0 Å². The quantitative estimate of drug-likeness (QED) is 0.883. The molecule has 2 rings (SSSR count). The number of anilines is 1. The van der Waals surface area contributed by atoms with Crippen LogP contribution in [0.4, 0.5) is 10.1 Å². The Labute approximate surface area is 116 Å².